The number of hydrazine groups is 1. The highest BCUT2D eigenvalue weighted by Gasteiger charge is 2.34. The summed E-state index contributed by atoms with van der Waals surface area (Å²) in [4.78, 5) is 25.0. The maximum Gasteiger partial charge on any atom is 0.282 e. The lowest BCUT2D eigenvalue weighted by molar-refractivity contribution is -0.117. The number of hydrogen-bond donors (Lipinski definition) is 1. The molecule has 0 bridgehead atoms. The number of nitrogens with one attached hydrogen (secondary N) is 1. The first-order valence-corrected chi connectivity index (χ1v) is 9.86. The second-order valence-corrected chi connectivity index (χ2v) is 7.38. The third kappa shape index (κ3) is 4.17. The monoisotopic (exact) mass is 438 g/mol. The van der Waals surface area contributed by atoms with Crippen molar-refractivity contribution >= 4 is 46.8 Å². The Morgan fingerprint density at radius 2 is 1.50 bits per heavy atom. The van der Waals surface area contributed by atoms with Gasteiger partial charge in [0.25, 0.3) is 11.8 Å². The number of amides is 2. The predicted octanol–water partition coefficient (Wildman–Crippen LogP) is 5.03. The summed E-state index contributed by atoms with van der Waals surface area (Å²) in [5.41, 5.74) is 4.61. The van der Waals surface area contributed by atoms with Crippen LogP contribution in [0.2, 0.25) is 10.0 Å². The minimum absolute atomic E-state index is 0.0102. The van der Waals surface area contributed by atoms with Gasteiger partial charge in [-0.15, -0.1) is 0 Å². The third-order valence-electron chi connectivity index (χ3n) is 4.46. The molecule has 3 aromatic carbocycles. The predicted molar refractivity (Wildman–Crippen MR) is 117 cm³/mol. The topological polar surface area (TPSA) is 58.6 Å². The third-order valence-corrected chi connectivity index (χ3v) is 5.02. The van der Waals surface area contributed by atoms with Crippen LogP contribution < -0.4 is 15.2 Å². The van der Waals surface area contributed by atoms with Crippen LogP contribution in [0.15, 0.2) is 78.4 Å². The highest BCUT2D eigenvalue weighted by atomic mass is 35.5. The molecule has 0 aromatic heterocycles. The maximum atomic E-state index is 12.7. The van der Waals surface area contributed by atoms with Crippen molar-refractivity contribution in [1.29, 1.82) is 0 Å². The smallest absolute Gasteiger partial charge is 0.282 e. The van der Waals surface area contributed by atoms with E-state index in [9.17, 15) is 9.59 Å². The normalized spacial score (nSPS) is 14.9. The van der Waals surface area contributed by atoms with E-state index in [1.54, 1.807) is 36.4 Å². The molecule has 0 aliphatic carbocycles. The highest BCUT2D eigenvalue weighted by Crippen LogP contribution is 2.35. The van der Waals surface area contributed by atoms with Gasteiger partial charge in [-0.05, 0) is 41.5 Å². The van der Waals surface area contributed by atoms with Gasteiger partial charge in [-0.1, -0.05) is 71.7 Å². The molecule has 1 aliphatic heterocycles. The SMILES string of the molecule is O=C1NN(c2ccccc2)C(=O)/C1=C\c1cc(Cl)c(OCc2ccccc2)c(Cl)c1. The number of anilines is 1. The number of carbonyl (C=O) groups excluding carboxylic acids is 2. The fourth-order valence-corrected chi connectivity index (χ4v) is 3.63. The highest BCUT2D eigenvalue weighted by molar-refractivity contribution is 6.37. The van der Waals surface area contributed by atoms with E-state index in [-0.39, 0.29) is 15.6 Å². The molecular weight excluding hydrogens is 423 g/mol. The Kier molecular flexibility index (Phi) is 5.74. The average Bonchev–Trinajstić information content (AvgIpc) is 3.03. The summed E-state index contributed by atoms with van der Waals surface area (Å²) >= 11 is 12.7. The van der Waals surface area contributed by atoms with Crippen LogP contribution in [0.4, 0.5) is 5.69 Å². The molecule has 0 unspecified atom stereocenters. The number of nitrogens with zero attached hydrogens (tertiary/aromatic N) is 1. The van der Waals surface area contributed by atoms with Gasteiger partial charge in [-0.25, -0.2) is 5.01 Å². The first-order chi connectivity index (χ1) is 14.5. The number of rotatable bonds is 5. The molecule has 150 valence electrons. The molecule has 1 aliphatic rings. The summed E-state index contributed by atoms with van der Waals surface area (Å²) in [7, 11) is 0. The molecule has 0 spiro atoms. The zero-order valence-corrected chi connectivity index (χ0v) is 17.2. The Bertz CT molecular complexity index is 1110. The summed E-state index contributed by atoms with van der Waals surface area (Å²) in [6.07, 6.45) is 1.46. The van der Waals surface area contributed by atoms with Crippen LogP contribution in [0.3, 0.4) is 0 Å². The minimum atomic E-state index is -0.500. The molecule has 1 saturated heterocycles. The van der Waals surface area contributed by atoms with E-state index in [1.165, 1.54) is 11.1 Å². The molecule has 0 saturated carbocycles. The standard InChI is InChI=1S/C23H16Cl2N2O3/c24-19-12-16(13-20(25)21(19)30-14-15-7-3-1-4-8-15)11-18-22(28)26-27(23(18)29)17-9-5-2-6-10-17/h1-13H,14H2,(H,26,28)/b18-11-. The zero-order chi connectivity index (χ0) is 21.1. The average molecular weight is 439 g/mol. The Hall–Kier alpha value is -3.28. The van der Waals surface area contributed by atoms with Gasteiger partial charge in [0.1, 0.15) is 12.2 Å². The van der Waals surface area contributed by atoms with Gasteiger partial charge in [0.15, 0.2) is 5.75 Å². The van der Waals surface area contributed by atoms with Gasteiger partial charge in [-0.2, -0.15) is 0 Å². The van der Waals surface area contributed by atoms with Crippen LogP contribution in [0.25, 0.3) is 6.08 Å². The summed E-state index contributed by atoms with van der Waals surface area (Å²) in [6, 6.07) is 21.7. The van der Waals surface area contributed by atoms with Crippen molar-refractivity contribution in [3.8, 4) is 5.75 Å². The molecule has 2 amide bonds. The lowest BCUT2D eigenvalue weighted by Crippen LogP contribution is -2.35. The molecule has 1 N–H and O–H groups in total. The van der Waals surface area contributed by atoms with E-state index in [0.29, 0.717) is 23.6 Å². The van der Waals surface area contributed by atoms with Crippen LogP contribution in [-0.2, 0) is 16.2 Å². The fourth-order valence-electron chi connectivity index (χ4n) is 3.01. The van der Waals surface area contributed by atoms with Crippen molar-refractivity contribution in [3.63, 3.8) is 0 Å². The number of carbonyl (C=O) groups is 2. The number of ether oxygens (including phenoxy) is 1. The van der Waals surface area contributed by atoms with Crippen molar-refractivity contribution in [2.24, 2.45) is 0 Å². The Morgan fingerprint density at radius 1 is 0.900 bits per heavy atom. The van der Waals surface area contributed by atoms with Gasteiger partial charge in [0.05, 0.1) is 15.7 Å². The van der Waals surface area contributed by atoms with E-state index in [4.69, 9.17) is 27.9 Å². The second kappa shape index (κ2) is 8.61. The quantitative estimate of drug-likeness (QED) is 0.448. The molecule has 1 heterocycles. The Morgan fingerprint density at radius 3 is 2.13 bits per heavy atom. The number of para-hydroxylation sites is 1. The van der Waals surface area contributed by atoms with Crippen LogP contribution in [0, 0.1) is 0 Å². The largest absolute Gasteiger partial charge is 0.486 e. The van der Waals surface area contributed by atoms with E-state index < -0.39 is 11.8 Å². The fraction of sp³-hybridized carbons (Fsp3) is 0.0435. The number of benzene rings is 3. The second-order valence-electron chi connectivity index (χ2n) is 6.56. The zero-order valence-electron chi connectivity index (χ0n) is 15.6. The summed E-state index contributed by atoms with van der Waals surface area (Å²) in [5, 5.41) is 1.78. The van der Waals surface area contributed by atoms with Crippen molar-refractivity contribution in [1.82, 2.24) is 5.43 Å². The summed E-state index contributed by atoms with van der Waals surface area (Å²) in [5.74, 6) is -0.610. The van der Waals surface area contributed by atoms with Crippen molar-refractivity contribution in [2.75, 3.05) is 5.01 Å². The van der Waals surface area contributed by atoms with E-state index in [2.05, 4.69) is 5.43 Å². The molecule has 30 heavy (non-hydrogen) atoms. The lowest BCUT2D eigenvalue weighted by atomic mass is 10.1. The molecule has 0 atom stereocenters. The van der Waals surface area contributed by atoms with E-state index >= 15 is 0 Å². The van der Waals surface area contributed by atoms with E-state index in [1.807, 2.05) is 36.4 Å². The Labute approximate surface area is 183 Å². The van der Waals surface area contributed by atoms with Crippen LogP contribution in [0.1, 0.15) is 11.1 Å². The molecule has 7 heteroatoms. The molecule has 1 fully saturated rings. The Balaban J connectivity index is 1.56. The lowest BCUT2D eigenvalue weighted by Gasteiger charge is -2.14. The molecule has 5 nitrogen and oxygen atoms in total. The van der Waals surface area contributed by atoms with Gasteiger partial charge in [-0.3, -0.25) is 15.0 Å². The van der Waals surface area contributed by atoms with Gasteiger partial charge >= 0.3 is 0 Å². The first kappa shape index (κ1) is 20.0. The van der Waals surface area contributed by atoms with Gasteiger partial charge in [0.2, 0.25) is 0 Å². The maximum absolute atomic E-state index is 12.7. The molecular formula is C23H16Cl2N2O3. The molecule has 3 aromatic rings. The van der Waals surface area contributed by atoms with Crippen LogP contribution in [-0.4, -0.2) is 11.8 Å². The number of halogens is 2. The summed E-state index contributed by atoms with van der Waals surface area (Å²) in [6.45, 7) is 0.313. The van der Waals surface area contributed by atoms with E-state index in [0.717, 1.165) is 5.56 Å². The van der Waals surface area contributed by atoms with Gasteiger partial charge < -0.3 is 4.74 Å². The van der Waals surface area contributed by atoms with Crippen molar-refractivity contribution < 1.29 is 14.3 Å². The van der Waals surface area contributed by atoms with Crippen LogP contribution in [0.5, 0.6) is 5.75 Å². The first-order valence-electron chi connectivity index (χ1n) is 9.11. The molecule has 0 radical (unpaired) electrons. The number of hydrogen-bond acceptors (Lipinski definition) is 3. The van der Waals surface area contributed by atoms with Crippen molar-refractivity contribution in [3.05, 3.63) is 99.5 Å². The molecule has 4 rings (SSSR count). The van der Waals surface area contributed by atoms with Crippen LogP contribution >= 0.6 is 23.2 Å². The van der Waals surface area contributed by atoms with Crippen molar-refractivity contribution in [2.45, 2.75) is 6.61 Å². The minimum Gasteiger partial charge on any atom is -0.486 e. The summed E-state index contributed by atoms with van der Waals surface area (Å²) < 4.78 is 5.76. The van der Waals surface area contributed by atoms with Gasteiger partial charge in [0, 0.05) is 0 Å².